The Morgan fingerprint density at radius 2 is 1.67 bits per heavy atom. The van der Waals surface area contributed by atoms with Crippen molar-refractivity contribution < 1.29 is 23.5 Å². The lowest BCUT2D eigenvalue weighted by Gasteiger charge is -2.37. The van der Waals surface area contributed by atoms with E-state index in [4.69, 9.17) is 9.47 Å². The first-order valence-corrected chi connectivity index (χ1v) is 12.2. The van der Waals surface area contributed by atoms with E-state index in [1.165, 1.54) is 36.3 Å². The lowest BCUT2D eigenvalue weighted by atomic mass is 9.91. The third kappa shape index (κ3) is 5.78. The maximum absolute atomic E-state index is 13.8. The summed E-state index contributed by atoms with van der Waals surface area (Å²) in [6, 6.07) is 5.65. The van der Waals surface area contributed by atoms with Gasteiger partial charge in [0.15, 0.2) is 6.04 Å². The predicted octanol–water partition coefficient (Wildman–Crippen LogP) is 3.67. The Kier molecular flexibility index (Phi) is 7.12. The van der Waals surface area contributed by atoms with Gasteiger partial charge in [0.2, 0.25) is 5.91 Å². The Labute approximate surface area is 195 Å². The summed E-state index contributed by atoms with van der Waals surface area (Å²) in [6.07, 6.45) is 4.20. The minimum absolute atomic E-state index is 0.0964. The molecule has 0 radical (unpaired) electrons. The summed E-state index contributed by atoms with van der Waals surface area (Å²) in [4.78, 5) is 32.6. The molecule has 7 nitrogen and oxygen atoms in total. The van der Waals surface area contributed by atoms with Gasteiger partial charge in [0.25, 0.3) is 0 Å². The van der Waals surface area contributed by atoms with Gasteiger partial charge in [0, 0.05) is 45.2 Å². The number of rotatable bonds is 4. The normalized spacial score (nSPS) is 24.8. The van der Waals surface area contributed by atoms with Gasteiger partial charge in [-0.15, -0.1) is 0 Å². The van der Waals surface area contributed by atoms with Crippen LogP contribution in [0, 0.1) is 5.82 Å². The summed E-state index contributed by atoms with van der Waals surface area (Å²) in [5, 5.41) is 0. The Balaban J connectivity index is 1.50. The van der Waals surface area contributed by atoms with Crippen LogP contribution < -0.4 is 4.74 Å². The molecule has 2 amide bonds. The number of nitrogens with zero attached hydrogens (tertiary/aromatic N) is 3. The third-order valence-electron chi connectivity index (χ3n) is 6.76. The van der Waals surface area contributed by atoms with Gasteiger partial charge in [0.05, 0.1) is 0 Å². The topological polar surface area (TPSA) is 62.3 Å². The van der Waals surface area contributed by atoms with Crippen molar-refractivity contribution in [3.8, 4) is 5.75 Å². The Morgan fingerprint density at radius 1 is 0.939 bits per heavy atom. The van der Waals surface area contributed by atoms with E-state index in [-0.39, 0.29) is 11.7 Å². The second-order valence-electron chi connectivity index (χ2n) is 10.3. The molecule has 1 aliphatic carbocycles. The minimum Gasteiger partial charge on any atom is -0.488 e. The second-order valence-corrected chi connectivity index (χ2v) is 10.3. The fraction of sp³-hybridized carbons (Fsp3) is 0.680. The zero-order chi connectivity index (χ0) is 23.6. The highest BCUT2D eigenvalue weighted by molar-refractivity contribution is 5.87. The lowest BCUT2D eigenvalue weighted by Crippen LogP contribution is -2.54. The SMILES string of the molecule is CC(C)(C)OC(=O)N1CCC(Oc2ccc(F)cc2)C1C(=O)N1CCCN(C2CCC2)CC1. The molecule has 182 valence electrons. The number of benzene rings is 1. The van der Waals surface area contributed by atoms with Crippen molar-refractivity contribution in [3.05, 3.63) is 30.1 Å². The van der Waals surface area contributed by atoms with Gasteiger partial charge in [-0.1, -0.05) is 6.42 Å². The molecule has 2 saturated heterocycles. The molecule has 0 bridgehead atoms. The molecular formula is C25H36FN3O4. The van der Waals surface area contributed by atoms with Crippen LogP contribution >= 0.6 is 0 Å². The van der Waals surface area contributed by atoms with Gasteiger partial charge in [0.1, 0.15) is 23.3 Å². The van der Waals surface area contributed by atoms with E-state index < -0.39 is 23.8 Å². The predicted molar refractivity (Wildman–Crippen MR) is 123 cm³/mol. The zero-order valence-corrected chi connectivity index (χ0v) is 20.0. The Morgan fingerprint density at radius 3 is 2.30 bits per heavy atom. The first kappa shape index (κ1) is 23.8. The fourth-order valence-electron chi connectivity index (χ4n) is 4.85. The summed E-state index contributed by atoms with van der Waals surface area (Å²) in [6.45, 7) is 9.00. The standard InChI is InChI=1S/C25H36FN3O4/c1-25(2,3)33-24(31)29-15-12-21(32-20-10-8-18(26)9-11-20)22(29)23(30)28-14-5-13-27(16-17-28)19-6-4-7-19/h8-11,19,21-22H,4-7,12-17H2,1-3H3. The minimum atomic E-state index is -0.764. The van der Waals surface area contributed by atoms with E-state index in [2.05, 4.69) is 4.90 Å². The third-order valence-corrected chi connectivity index (χ3v) is 6.76. The van der Waals surface area contributed by atoms with E-state index >= 15 is 0 Å². The van der Waals surface area contributed by atoms with Crippen LogP contribution in [0.15, 0.2) is 24.3 Å². The van der Waals surface area contributed by atoms with Crippen molar-refractivity contribution in [2.75, 3.05) is 32.7 Å². The van der Waals surface area contributed by atoms with Crippen LogP contribution in [0.4, 0.5) is 9.18 Å². The zero-order valence-electron chi connectivity index (χ0n) is 20.0. The molecule has 2 unspecified atom stereocenters. The molecule has 3 aliphatic rings. The molecule has 8 heteroatoms. The van der Waals surface area contributed by atoms with Crippen LogP contribution in [0.5, 0.6) is 5.75 Å². The monoisotopic (exact) mass is 461 g/mol. The van der Waals surface area contributed by atoms with E-state index in [0.717, 1.165) is 19.5 Å². The largest absolute Gasteiger partial charge is 0.488 e. The number of halogens is 1. The maximum atomic E-state index is 13.8. The molecule has 1 saturated carbocycles. The Bertz CT molecular complexity index is 837. The summed E-state index contributed by atoms with van der Waals surface area (Å²) in [5.41, 5.74) is -0.660. The van der Waals surface area contributed by atoms with E-state index in [0.29, 0.717) is 37.8 Å². The van der Waals surface area contributed by atoms with Crippen LogP contribution in [0.1, 0.15) is 52.9 Å². The highest BCUT2D eigenvalue weighted by Crippen LogP contribution is 2.29. The van der Waals surface area contributed by atoms with Crippen molar-refractivity contribution >= 4 is 12.0 Å². The summed E-state index contributed by atoms with van der Waals surface area (Å²) >= 11 is 0. The lowest BCUT2D eigenvalue weighted by molar-refractivity contribution is -0.138. The van der Waals surface area contributed by atoms with Crippen molar-refractivity contribution in [2.45, 2.75) is 76.7 Å². The van der Waals surface area contributed by atoms with E-state index in [1.54, 1.807) is 12.1 Å². The Hall–Kier alpha value is -2.35. The summed E-state index contributed by atoms with van der Waals surface area (Å²) in [7, 11) is 0. The first-order chi connectivity index (χ1) is 15.7. The van der Waals surface area contributed by atoms with Gasteiger partial charge >= 0.3 is 6.09 Å². The van der Waals surface area contributed by atoms with Crippen LogP contribution in [0.3, 0.4) is 0 Å². The quantitative estimate of drug-likeness (QED) is 0.685. The second kappa shape index (κ2) is 9.87. The van der Waals surface area contributed by atoms with Crippen molar-refractivity contribution in [2.24, 2.45) is 0 Å². The van der Waals surface area contributed by atoms with Gasteiger partial charge in [-0.2, -0.15) is 0 Å². The molecular weight excluding hydrogens is 425 g/mol. The van der Waals surface area contributed by atoms with Crippen LogP contribution in [-0.4, -0.2) is 83.2 Å². The molecule has 1 aromatic carbocycles. The molecule has 0 N–H and O–H groups in total. The molecule has 3 fully saturated rings. The smallest absolute Gasteiger partial charge is 0.411 e. The van der Waals surface area contributed by atoms with Crippen molar-refractivity contribution in [3.63, 3.8) is 0 Å². The van der Waals surface area contributed by atoms with E-state index in [9.17, 15) is 14.0 Å². The number of hydrogen-bond donors (Lipinski definition) is 0. The number of hydrogen-bond acceptors (Lipinski definition) is 5. The van der Waals surface area contributed by atoms with E-state index in [1.807, 2.05) is 25.7 Å². The number of ether oxygens (including phenoxy) is 2. The molecule has 4 rings (SSSR count). The molecule has 33 heavy (non-hydrogen) atoms. The summed E-state index contributed by atoms with van der Waals surface area (Å²) < 4.78 is 25.1. The highest BCUT2D eigenvalue weighted by Gasteiger charge is 2.46. The average Bonchev–Trinajstić information content (AvgIpc) is 2.97. The number of carbonyl (C=O) groups is 2. The molecule has 0 aromatic heterocycles. The number of likely N-dealkylation sites (tertiary alicyclic amines) is 1. The molecule has 1 aromatic rings. The number of carbonyl (C=O) groups excluding carboxylic acids is 2. The van der Waals surface area contributed by atoms with Crippen molar-refractivity contribution in [1.29, 1.82) is 0 Å². The molecule has 2 aliphatic heterocycles. The van der Waals surface area contributed by atoms with Gasteiger partial charge in [-0.05, 0) is 64.3 Å². The molecule has 0 spiro atoms. The average molecular weight is 462 g/mol. The summed E-state index contributed by atoms with van der Waals surface area (Å²) in [5.74, 6) is 0.0376. The van der Waals surface area contributed by atoms with Gasteiger partial charge in [-0.3, -0.25) is 14.6 Å². The molecule has 2 heterocycles. The fourth-order valence-corrected chi connectivity index (χ4v) is 4.85. The van der Waals surface area contributed by atoms with Crippen molar-refractivity contribution in [1.82, 2.24) is 14.7 Å². The molecule has 2 atom stereocenters. The van der Waals surface area contributed by atoms with Gasteiger partial charge < -0.3 is 14.4 Å². The van der Waals surface area contributed by atoms with Crippen LogP contribution in [0.2, 0.25) is 0 Å². The highest BCUT2D eigenvalue weighted by atomic mass is 19.1. The maximum Gasteiger partial charge on any atom is 0.411 e. The number of amides is 2. The van der Waals surface area contributed by atoms with Crippen LogP contribution in [0.25, 0.3) is 0 Å². The first-order valence-electron chi connectivity index (χ1n) is 12.2. The van der Waals surface area contributed by atoms with Crippen LogP contribution in [-0.2, 0) is 9.53 Å². The van der Waals surface area contributed by atoms with Gasteiger partial charge in [-0.25, -0.2) is 9.18 Å².